The molecule has 4 heteroatoms. The number of halogens is 1. The smallest absolute Gasteiger partial charge is 0.234 e. The molecular formula is C8H15ClN2O. The van der Waals surface area contributed by atoms with Crippen molar-refractivity contribution in [1.29, 1.82) is 0 Å². The number of carbonyl (C=O) groups is 1. The molecule has 0 saturated heterocycles. The van der Waals surface area contributed by atoms with Crippen LogP contribution in [0.3, 0.4) is 0 Å². The zero-order valence-electron chi connectivity index (χ0n) is 7.35. The normalized spacial score (nSPS) is 16.6. The van der Waals surface area contributed by atoms with Gasteiger partial charge in [0.05, 0.1) is 0 Å². The topological polar surface area (TPSA) is 32.3 Å². The minimum Gasteiger partial charge on any atom is -0.354 e. The van der Waals surface area contributed by atoms with Crippen LogP contribution in [0.25, 0.3) is 0 Å². The van der Waals surface area contributed by atoms with E-state index in [2.05, 4.69) is 17.3 Å². The van der Waals surface area contributed by atoms with E-state index in [1.165, 1.54) is 12.8 Å². The molecule has 1 rings (SSSR count). The predicted molar refractivity (Wildman–Crippen MR) is 49.4 cm³/mol. The van der Waals surface area contributed by atoms with Crippen molar-refractivity contribution in [3.8, 4) is 0 Å². The lowest BCUT2D eigenvalue weighted by Crippen LogP contribution is -2.34. The molecule has 1 aliphatic carbocycles. The molecule has 0 spiro atoms. The van der Waals surface area contributed by atoms with Crippen LogP contribution in [0.2, 0.25) is 0 Å². The molecule has 0 unspecified atom stereocenters. The van der Waals surface area contributed by atoms with Crippen LogP contribution in [-0.4, -0.2) is 42.9 Å². The number of carbonyl (C=O) groups excluding carboxylic acids is 1. The van der Waals surface area contributed by atoms with Crippen molar-refractivity contribution in [1.82, 2.24) is 10.2 Å². The Bertz CT molecular complexity index is 159. The Morgan fingerprint density at radius 3 is 2.83 bits per heavy atom. The van der Waals surface area contributed by atoms with Gasteiger partial charge in [0.15, 0.2) is 0 Å². The number of nitrogens with one attached hydrogen (secondary N) is 1. The molecule has 0 aliphatic heterocycles. The zero-order valence-corrected chi connectivity index (χ0v) is 8.10. The minimum atomic E-state index is -0.0825. The molecule has 0 aromatic heterocycles. The van der Waals surface area contributed by atoms with Gasteiger partial charge in [-0.1, -0.05) is 0 Å². The zero-order chi connectivity index (χ0) is 8.97. The Balaban J connectivity index is 1.97. The maximum absolute atomic E-state index is 10.7. The van der Waals surface area contributed by atoms with Crippen LogP contribution < -0.4 is 5.32 Å². The standard InChI is InChI=1S/C8H15ClN2O/c1-11(7-2-3-7)5-4-10-8(12)6-9/h7H,2-6H2,1H3,(H,10,12). The fraction of sp³-hybridized carbons (Fsp3) is 0.875. The Kier molecular flexibility index (Phi) is 3.82. The highest BCUT2D eigenvalue weighted by atomic mass is 35.5. The monoisotopic (exact) mass is 190 g/mol. The second kappa shape index (κ2) is 4.67. The van der Waals surface area contributed by atoms with Gasteiger partial charge in [-0.3, -0.25) is 4.79 Å². The molecule has 0 bridgehead atoms. The maximum Gasteiger partial charge on any atom is 0.234 e. The number of hydrogen-bond acceptors (Lipinski definition) is 2. The van der Waals surface area contributed by atoms with E-state index in [0.717, 1.165) is 12.6 Å². The third-order valence-corrected chi connectivity index (χ3v) is 2.32. The SMILES string of the molecule is CN(CCNC(=O)CCl)C1CC1. The molecule has 12 heavy (non-hydrogen) atoms. The fourth-order valence-corrected chi connectivity index (χ4v) is 1.21. The molecule has 3 nitrogen and oxygen atoms in total. The van der Waals surface area contributed by atoms with E-state index >= 15 is 0 Å². The first-order valence-electron chi connectivity index (χ1n) is 4.27. The van der Waals surface area contributed by atoms with Crippen molar-refractivity contribution in [2.45, 2.75) is 18.9 Å². The number of rotatable bonds is 5. The van der Waals surface area contributed by atoms with Gasteiger partial charge in [-0.25, -0.2) is 0 Å². The van der Waals surface area contributed by atoms with Crippen LogP contribution in [0.5, 0.6) is 0 Å². The van der Waals surface area contributed by atoms with Gasteiger partial charge in [0.2, 0.25) is 5.91 Å². The van der Waals surface area contributed by atoms with Gasteiger partial charge >= 0.3 is 0 Å². The van der Waals surface area contributed by atoms with Crippen LogP contribution >= 0.6 is 11.6 Å². The van der Waals surface area contributed by atoms with Gasteiger partial charge in [0.1, 0.15) is 5.88 Å². The van der Waals surface area contributed by atoms with Crippen molar-refractivity contribution >= 4 is 17.5 Å². The Morgan fingerprint density at radius 2 is 2.33 bits per heavy atom. The third kappa shape index (κ3) is 3.41. The van der Waals surface area contributed by atoms with E-state index in [9.17, 15) is 4.79 Å². The Labute approximate surface area is 78.1 Å². The molecule has 70 valence electrons. The van der Waals surface area contributed by atoms with Crippen molar-refractivity contribution in [3.05, 3.63) is 0 Å². The van der Waals surface area contributed by atoms with E-state index in [1.807, 2.05) is 0 Å². The molecule has 0 atom stereocenters. The highest BCUT2D eigenvalue weighted by Crippen LogP contribution is 2.24. The summed E-state index contributed by atoms with van der Waals surface area (Å²) in [5, 5.41) is 2.73. The molecule has 1 fully saturated rings. The highest BCUT2D eigenvalue weighted by Gasteiger charge is 2.25. The number of alkyl halides is 1. The van der Waals surface area contributed by atoms with Gasteiger partial charge in [-0.2, -0.15) is 0 Å². The summed E-state index contributed by atoms with van der Waals surface area (Å²) in [4.78, 5) is 13.0. The molecule has 0 heterocycles. The first-order chi connectivity index (χ1) is 5.74. The van der Waals surface area contributed by atoms with Gasteiger partial charge in [-0.15, -0.1) is 11.6 Å². The van der Waals surface area contributed by atoms with Crippen molar-refractivity contribution in [2.75, 3.05) is 26.0 Å². The predicted octanol–water partition coefficient (Wildman–Crippen LogP) is 0.436. The number of hydrogen-bond donors (Lipinski definition) is 1. The summed E-state index contributed by atoms with van der Waals surface area (Å²) in [7, 11) is 2.09. The van der Waals surface area contributed by atoms with Crippen LogP contribution in [0.4, 0.5) is 0 Å². The average Bonchev–Trinajstić information content (AvgIpc) is 2.86. The van der Waals surface area contributed by atoms with Crippen molar-refractivity contribution in [3.63, 3.8) is 0 Å². The van der Waals surface area contributed by atoms with Crippen LogP contribution in [0, 0.1) is 0 Å². The first-order valence-corrected chi connectivity index (χ1v) is 4.80. The molecule has 1 N–H and O–H groups in total. The van der Waals surface area contributed by atoms with E-state index < -0.39 is 0 Å². The quantitative estimate of drug-likeness (QED) is 0.638. The molecule has 0 aromatic carbocycles. The van der Waals surface area contributed by atoms with E-state index in [0.29, 0.717) is 6.54 Å². The third-order valence-electron chi connectivity index (χ3n) is 2.08. The van der Waals surface area contributed by atoms with Crippen LogP contribution in [0.1, 0.15) is 12.8 Å². The summed E-state index contributed by atoms with van der Waals surface area (Å²) in [6.07, 6.45) is 2.61. The molecular weight excluding hydrogens is 176 g/mol. The van der Waals surface area contributed by atoms with E-state index in [1.54, 1.807) is 0 Å². The summed E-state index contributed by atoms with van der Waals surface area (Å²) in [5.41, 5.74) is 0. The van der Waals surface area contributed by atoms with Gasteiger partial charge in [0, 0.05) is 19.1 Å². The Morgan fingerprint density at radius 1 is 1.67 bits per heavy atom. The van der Waals surface area contributed by atoms with Gasteiger partial charge in [-0.05, 0) is 19.9 Å². The molecule has 1 amide bonds. The number of nitrogens with zero attached hydrogens (tertiary/aromatic N) is 1. The van der Waals surface area contributed by atoms with Crippen LogP contribution in [0.15, 0.2) is 0 Å². The minimum absolute atomic E-state index is 0.0626. The number of amides is 1. The summed E-state index contributed by atoms with van der Waals surface area (Å²) in [6.45, 7) is 1.63. The molecule has 1 aliphatic rings. The molecule has 1 saturated carbocycles. The molecule has 0 aromatic rings. The summed E-state index contributed by atoms with van der Waals surface area (Å²) in [5.74, 6) is -0.0199. The summed E-state index contributed by atoms with van der Waals surface area (Å²) in [6, 6.07) is 0.762. The second-order valence-electron chi connectivity index (χ2n) is 3.20. The van der Waals surface area contributed by atoms with E-state index in [-0.39, 0.29) is 11.8 Å². The van der Waals surface area contributed by atoms with Crippen LogP contribution in [-0.2, 0) is 4.79 Å². The lowest BCUT2D eigenvalue weighted by molar-refractivity contribution is -0.118. The summed E-state index contributed by atoms with van der Waals surface area (Å²) >= 11 is 5.32. The summed E-state index contributed by atoms with van der Waals surface area (Å²) < 4.78 is 0. The van der Waals surface area contributed by atoms with Crippen molar-refractivity contribution < 1.29 is 4.79 Å². The lowest BCUT2D eigenvalue weighted by atomic mass is 10.5. The van der Waals surface area contributed by atoms with Gasteiger partial charge in [0.25, 0.3) is 0 Å². The van der Waals surface area contributed by atoms with E-state index in [4.69, 9.17) is 11.6 Å². The first kappa shape index (κ1) is 9.81. The highest BCUT2D eigenvalue weighted by molar-refractivity contribution is 6.27. The molecule has 0 radical (unpaired) electrons. The number of likely N-dealkylation sites (N-methyl/N-ethyl adjacent to an activating group) is 1. The lowest BCUT2D eigenvalue weighted by Gasteiger charge is -2.15. The largest absolute Gasteiger partial charge is 0.354 e. The van der Waals surface area contributed by atoms with Gasteiger partial charge < -0.3 is 10.2 Å². The average molecular weight is 191 g/mol. The maximum atomic E-state index is 10.7. The van der Waals surface area contributed by atoms with Crippen molar-refractivity contribution in [2.24, 2.45) is 0 Å². The fourth-order valence-electron chi connectivity index (χ4n) is 1.12. The Hall–Kier alpha value is -0.280. The second-order valence-corrected chi connectivity index (χ2v) is 3.46.